The molecule has 0 aliphatic carbocycles. The van der Waals surface area contributed by atoms with Crippen LogP contribution in [-0.4, -0.2) is 38.9 Å². The van der Waals surface area contributed by atoms with Crippen molar-refractivity contribution in [3.8, 4) is 11.5 Å². The van der Waals surface area contributed by atoms with Gasteiger partial charge in [-0.2, -0.15) is 11.8 Å². The molecule has 2 saturated heterocycles. The Morgan fingerprint density at radius 2 is 2.13 bits per heavy atom. The second-order valence-electron chi connectivity index (χ2n) is 5.72. The maximum atomic E-state index is 12.6. The number of aromatic nitrogens is 1. The number of nitrogens with one attached hydrogen (secondary N) is 1. The molecule has 0 bridgehead atoms. The van der Waals surface area contributed by atoms with Crippen molar-refractivity contribution in [2.75, 3.05) is 11.5 Å². The fourth-order valence-electron chi connectivity index (χ4n) is 2.91. The van der Waals surface area contributed by atoms with Gasteiger partial charge in [0, 0.05) is 11.3 Å². The van der Waals surface area contributed by atoms with Crippen molar-refractivity contribution in [2.24, 2.45) is 0 Å². The number of rotatable bonds is 3. The van der Waals surface area contributed by atoms with Crippen molar-refractivity contribution in [1.29, 1.82) is 0 Å². The van der Waals surface area contributed by atoms with Crippen LogP contribution in [0.4, 0.5) is 4.79 Å². The lowest BCUT2D eigenvalue weighted by Gasteiger charge is -2.18. The molecule has 1 spiro atoms. The number of imide groups is 1. The van der Waals surface area contributed by atoms with Crippen LogP contribution in [0.15, 0.2) is 41.0 Å². The fraction of sp³-hybridized carbons (Fsp3) is 0.312. The first kappa shape index (κ1) is 14.3. The molecule has 2 fully saturated rings. The summed E-state index contributed by atoms with van der Waals surface area (Å²) in [4.78, 5) is 30.4. The van der Waals surface area contributed by atoms with Crippen LogP contribution in [0.2, 0.25) is 0 Å². The summed E-state index contributed by atoms with van der Waals surface area (Å²) in [6, 6.07) is 9.17. The number of nitrogens with zero attached hydrogens (tertiary/aromatic N) is 2. The van der Waals surface area contributed by atoms with Gasteiger partial charge in [0.15, 0.2) is 0 Å². The molecule has 0 radical (unpaired) electrons. The Kier molecular flexibility index (Phi) is 3.37. The molecule has 3 amide bonds. The van der Waals surface area contributed by atoms with Crippen LogP contribution in [-0.2, 0) is 11.3 Å². The SMILES string of the molecule is O=C1NC2(CCSC2)C(=O)N1Cc1coc(-c2ccccc2)n1. The summed E-state index contributed by atoms with van der Waals surface area (Å²) in [5.74, 6) is 1.86. The van der Waals surface area contributed by atoms with Crippen molar-refractivity contribution >= 4 is 23.7 Å². The quantitative estimate of drug-likeness (QED) is 0.874. The first-order chi connectivity index (χ1) is 11.2. The topological polar surface area (TPSA) is 75.4 Å². The van der Waals surface area contributed by atoms with Gasteiger partial charge in [0.1, 0.15) is 11.8 Å². The second kappa shape index (κ2) is 5.42. The number of carbonyl (C=O) groups excluding carboxylic acids is 2. The van der Waals surface area contributed by atoms with Crippen molar-refractivity contribution in [2.45, 2.75) is 18.5 Å². The molecule has 0 saturated carbocycles. The van der Waals surface area contributed by atoms with E-state index in [1.807, 2.05) is 30.3 Å². The maximum Gasteiger partial charge on any atom is 0.325 e. The molecule has 1 aromatic heterocycles. The highest BCUT2D eigenvalue weighted by molar-refractivity contribution is 7.99. The summed E-state index contributed by atoms with van der Waals surface area (Å²) in [5, 5.41) is 2.85. The van der Waals surface area contributed by atoms with Crippen LogP contribution in [0.3, 0.4) is 0 Å². The van der Waals surface area contributed by atoms with E-state index in [0.29, 0.717) is 23.8 Å². The van der Waals surface area contributed by atoms with Gasteiger partial charge < -0.3 is 9.73 Å². The van der Waals surface area contributed by atoms with Crippen LogP contribution in [0.25, 0.3) is 11.5 Å². The number of carbonyl (C=O) groups is 2. The van der Waals surface area contributed by atoms with E-state index in [9.17, 15) is 9.59 Å². The number of urea groups is 1. The molecule has 2 aliphatic heterocycles. The predicted molar refractivity (Wildman–Crippen MR) is 85.7 cm³/mol. The molecule has 3 heterocycles. The third kappa shape index (κ3) is 2.41. The predicted octanol–water partition coefficient (Wildman–Crippen LogP) is 2.27. The van der Waals surface area contributed by atoms with E-state index in [2.05, 4.69) is 10.3 Å². The molecule has 2 aliphatic rings. The van der Waals surface area contributed by atoms with E-state index < -0.39 is 5.54 Å². The number of oxazole rings is 1. The van der Waals surface area contributed by atoms with Crippen LogP contribution >= 0.6 is 11.8 Å². The first-order valence-corrected chi connectivity index (χ1v) is 8.55. The summed E-state index contributed by atoms with van der Waals surface area (Å²) in [7, 11) is 0. The molecule has 118 valence electrons. The molecule has 1 aromatic carbocycles. The zero-order valence-corrected chi connectivity index (χ0v) is 13.1. The molecule has 23 heavy (non-hydrogen) atoms. The number of thioether (sulfide) groups is 1. The van der Waals surface area contributed by atoms with Crippen molar-refractivity contribution in [1.82, 2.24) is 15.2 Å². The van der Waals surface area contributed by atoms with E-state index in [1.165, 1.54) is 11.2 Å². The highest BCUT2D eigenvalue weighted by Crippen LogP contribution is 2.34. The Morgan fingerprint density at radius 1 is 1.30 bits per heavy atom. The molecule has 6 nitrogen and oxygen atoms in total. The number of benzene rings is 1. The van der Waals surface area contributed by atoms with E-state index in [1.54, 1.807) is 11.8 Å². The van der Waals surface area contributed by atoms with Gasteiger partial charge in [-0.3, -0.25) is 9.69 Å². The third-order valence-corrected chi connectivity index (χ3v) is 5.35. The average Bonchev–Trinajstić information content (AvgIpc) is 3.27. The van der Waals surface area contributed by atoms with Crippen LogP contribution < -0.4 is 5.32 Å². The second-order valence-corrected chi connectivity index (χ2v) is 6.82. The molecule has 4 rings (SSSR count). The lowest BCUT2D eigenvalue weighted by atomic mass is 9.99. The third-order valence-electron chi connectivity index (χ3n) is 4.16. The van der Waals surface area contributed by atoms with Crippen molar-refractivity contribution in [3.05, 3.63) is 42.3 Å². The minimum absolute atomic E-state index is 0.132. The Balaban J connectivity index is 1.54. The standard InChI is InChI=1S/C16H15N3O3S/c20-14-16(6-7-23-10-16)18-15(21)19(14)8-12-9-22-13(17-12)11-4-2-1-3-5-11/h1-5,9H,6-8,10H2,(H,18,21). The largest absolute Gasteiger partial charge is 0.444 e. The lowest BCUT2D eigenvalue weighted by molar-refractivity contribution is -0.130. The molecule has 1 N–H and O–H groups in total. The fourth-order valence-corrected chi connectivity index (χ4v) is 4.23. The highest BCUT2D eigenvalue weighted by atomic mass is 32.2. The van der Waals surface area contributed by atoms with Gasteiger partial charge in [0.25, 0.3) is 5.91 Å². The van der Waals surface area contributed by atoms with E-state index in [4.69, 9.17) is 4.42 Å². The summed E-state index contributed by atoms with van der Waals surface area (Å²) >= 11 is 1.69. The zero-order chi connectivity index (χ0) is 15.9. The minimum atomic E-state index is -0.715. The van der Waals surface area contributed by atoms with Gasteiger partial charge in [-0.1, -0.05) is 18.2 Å². The Labute approximate surface area is 137 Å². The number of amides is 3. The van der Waals surface area contributed by atoms with E-state index >= 15 is 0 Å². The molecule has 2 aromatic rings. The summed E-state index contributed by atoms with van der Waals surface area (Å²) < 4.78 is 5.46. The molecular formula is C16H15N3O3S. The summed E-state index contributed by atoms with van der Waals surface area (Å²) in [5.41, 5.74) is 0.711. The molecule has 7 heteroatoms. The van der Waals surface area contributed by atoms with E-state index in [-0.39, 0.29) is 18.5 Å². The zero-order valence-electron chi connectivity index (χ0n) is 12.3. The molecular weight excluding hydrogens is 314 g/mol. The highest BCUT2D eigenvalue weighted by Gasteiger charge is 2.52. The van der Waals surface area contributed by atoms with Gasteiger partial charge in [-0.15, -0.1) is 0 Å². The van der Waals surface area contributed by atoms with Gasteiger partial charge in [-0.25, -0.2) is 9.78 Å². The van der Waals surface area contributed by atoms with Crippen molar-refractivity contribution in [3.63, 3.8) is 0 Å². The molecule has 1 unspecified atom stereocenters. The van der Waals surface area contributed by atoms with Crippen LogP contribution in [0.1, 0.15) is 12.1 Å². The number of hydrogen-bond acceptors (Lipinski definition) is 5. The normalized spacial score (nSPS) is 23.7. The van der Waals surface area contributed by atoms with Crippen LogP contribution in [0, 0.1) is 0 Å². The van der Waals surface area contributed by atoms with Crippen LogP contribution in [0.5, 0.6) is 0 Å². The molecule has 1 atom stereocenters. The lowest BCUT2D eigenvalue weighted by Crippen LogP contribution is -2.46. The maximum absolute atomic E-state index is 12.6. The van der Waals surface area contributed by atoms with Gasteiger partial charge >= 0.3 is 6.03 Å². The summed E-state index contributed by atoms with van der Waals surface area (Å²) in [6.07, 6.45) is 2.18. The summed E-state index contributed by atoms with van der Waals surface area (Å²) in [6.45, 7) is 0.132. The smallest absolute Gasteiger partial charge is 0.325 e. The van der Waals surface area contributed by atoms with E-state index in [0.717, 1.165) is 11.3 Å². The Morgan fingerprint density at radius 3 is 2.87 bits per heavy atom. The Hall–Kier alpha value is -2.28. The minimum Gasteiger partial charge on any atom is -0.444 e. The monoisotopic (exact) mass is 329 g/mol. The van der Waals surface area contributed by atoms with Crippen molar-refractivity contribution < 1.29 is 14.0 Å². The van der Waals surface area contributed by atoms with Gasteiger partial charge in [-0.05, 0) is 24.3 Å². The Bertz CT molecular complexity index is 753. The average molecular weight is 329 g/mol. The first-order valence-electron chi connectivity index (χ1n) is 7.40. The number of hydrogen-bond donors (Lipinski definition) is 1. The van der Waals surface area contributed by atoms with Gasteiger partial charge in [0.2, 0.25) is 5.89 Å². The van der Waals surface area contributed by atoms with Gasteiger partial charge in [0.05, 0.1) is 12.2 Å².